The van der Waals surface area contributed by atoms with Crippen LogP contribution in [0.5, 0.6) is 0 Å². The van der Waals surface area contributed by atoms with E-state index >= 15 is 0 Å². The third-order valence-electron chi connectivity index (χ3n) is 3.89. The summed E-state index contributed by atoms with van der Waals surface area (Å²) in [5.41, 5.74) is 0.382. The molecule has 1 heterocycles. The molecule has 2 atom stereocenters. The van der Waals surface area contributed by atoms with E-state index in [4.69, 9.17) is 0 Å². The van der Waals surface area contributed by atoms with Crippen LogP contribution in [0.3, 0.4) is 0 Å². The summed E-state index contributed by atoms with van der Waals surface area (Å²) in [6.45, 7) is 1.45. The van der Waals surface area contributed by atoms with Crippen LogP contribution in [0.4, 0.5) is 8.78 Å². The van der Waals surface area contributed by atoms with Crippen LogP contribution in [0.15, 0.2) is 18.2 Å². The van der Waals surface area contributed by atoms with Crippen LogP contribution in [0.25, 0.3) is 0 Å². The van der Waals surface area contributed by atoms with Gasteiger partial charge in [-0.15, -0.1) is 0 Å². The zero-order valence-corrected chi connectivity index (χ0v) is 10.1. The largest absolute Gasteiger partial charge is 0.392 e. The molecule has 4 heteroatoms. The topological polar surface area (TPSA) is 23.5 Å². The zero-order chi connectivity index (χ0) is 12.7. The summed E-state index contributed by atoms with van der Waals surface area (Å²) in [6, 6.07) is 3.38. The minimum Gasteiger partial charge on any atom is -0.392 e. The van der Waals surface area contributed by atoms with Gasteiger partial charge in [0.25, 0.3) is 0 Å². The van der Waals surface area contributed by atoms with Gasteiger partial charge >= 0.3 is 0 Å². The van der Waals surface area contributed by atoms with Gasteiger partial charge in [0.05, 0.1) is 6.10 Å². The Kier molecular flexibility index (Phi) is 3.08. The lowest BCUT2D eigenvalue weighted by Crippen LogP contribution is -2.27. The molecule has 0 amide bonds. The fourth-order valence-corrected chi connectivity index (χ4v) is 2.81. The average Bonchev–Trinajstić information content (AvgIpc) is 3.05. The predicted molar refractivity (Wildman–Crippen MR) is 64.0 cm³/mol. The lowest BCUT2D eigenvalue weighted by Gasteiger charge is -2.24. The van der Waals surface area contributed by atoms with Crippen molar-refractivity contribution in [2.24, 2.45) is 5.92 Å². The molecule has 0 spiro atoms. The minimum absolute atomic E-state index is 0.184. The minimum atomic E-state index is -0.434. The van der Waals surface area contributed by atoms with Crippen molar-refractivity contribution in [1.29, 1.82) is 0 Å². The highest BCUT2D eigenvalue weighted by molar-refractivity contribution is 5.24. The number of hydrogen-bond acceptors (Lipinski definition) is 2. The van der Waals surface area contributed by atoms with Gasteiger partial charge in [0.1, 0.15) is 11.6 Å². The molecule has 18 heavy (non-hydrogen) atoms. The first-order valence-corrected chi connectivity index (χ1v) is 6.50. The van der Waals surface area contributed by atoms with Crippen LogP contribution in [0.2, 0.25) is 0 Å². The summed E-state index contributed by atoms with van der Waals surface area (Å²) >= 11 is 0. The van der Waals surface area contributed by atoms with Crippen molar-refractivity contribution >= 4 is 0 Å². The van der Waals surface area contributed by atoms with E-state index in [1.165, 1.54) is 25.0 Å². The average molecular weight is 253 g/mol. The highest BCUT2D eigenvalue weighted by Gasteiger charge is 2.36. The molecule has 0 radical (unpaired) electrons. The van der Waals surface area contributed by atoms with E-state index in [1.54, 1.807) is 0 Å². The molecule has 1 saturated carbocycles. The molecule has 3 rings (SSSR count). The van der Waals surface area contributed by atoms with Gasteiger partial charge < -0.3 is 5.11 Å². The van der Waals surface area contributed by atoms with Gasteiger partial charge in [0.15, 0.2) is 0 Å². The fraction of sp³-hybridized carbons (Fsp3) is 0.571. The van der Waals surface area contributed by atoms with Crippen molar-refractivity contribution < 1.29 is 13.9 Å². The van der Waals surface area contributed by atoms with Gasteiger partial charge in [-0.3, -0.25) is 4.90 Å². The molecule has 2 aliphatic rings. The van der Waals surface area contributed by atoms with Gasteiger partial charge in [0.2, 0.25) is 0 Å². The van der Waals surface area contributed by atoms with Crippen molar-refractivity contribution in [3.05, 3.63) is 35.4 Å². The third-order valence-corrected chi connectivity index (χ3v) is 3.89. The van der Waals surface area contributed by atoms with Gasteiger partial charge in [-0.2, -0.15) is 0 Å². The first kappa shape index (κ1) is 12.1. The summed E-state index contributed by atoms with van der Waals surface area (Å²) in [7, 11) is 0. The number of benzene rings is 1. The van der Waals surface area contributed by atoms with E-state index < -0.39 is 11.9 Å². The van der Waals surface area contributed by atoms with E-state index in [1.807, 2.05) is 0 Å². The summed E-state index contributed by atoms with van der Waals surface area (Å²) in [6.07, 6.45) is 2.49. The first-order chi connectivity index (χ1) is 8.63. The third kappa shape index (κ3) is 2.40. The molecule has 1 saturated heterocycles. The second-order valence-corrected chi connectivity index (χ2v) is 5.47. The highest BCUT2D eigenvalue weighted by atomic mass is 19.1. The smallest absolute Gasteiger partial charge is 0.128 e. The van der Waals surface area contributed by atoms with Gasteiger partial charge in [-0.25, -0.2) is 8.78 Å². The maximum atomic E-state index is 13.8. The molecule has 1 aromatic carbocycles. The second-order valence-electron chi connectivity index (χ2n) is 5.47. The van der Waals surface area contributed by atoms with Crippen LogP contribution < -0.4 is 0 Å². The zero-order valence-electron chi connectivity index (χ0n) is 10.1. The molecule has 1 aromatic rings. The molecule has 2 unspecified atom stereocenters. The van der Waals surface area contributed by atoms with Gasteiger partial charge in [-0.05, 0) is 43.4 Å². The molecule has 98 valence electrons. The molecular formula is C14H17F2NO. The number of aliphatic hydroxyl groups is 1. The van der Waals surface area contributed by atoms with Crippen molar-refractivity contribution in [1.82, 2.24) is 4.90 Å². The Morgan fingerprint density at radius 3 is 2.78 bits per heavy atom. The van der Waals surface area contributed by atoms with E-state index in [9.17, 15) is 13.9 Å². The van der Waals surface area contributed by atoms with Crippen LogP contribution in [-0.2, 0) is 0 Å². The SMILES string of the molecule is OC1CC(c2cc(F)ccc2F)N(CC2CC2)C1. The van der Waals surface area contributed by atoms with Crippen molar-refractivity contribution in [2.75, 3.05) is 13.1 Å². The number of likely N-dealkylation sites (tertiary alicyclic amines) is 1. The molecule has 1 aliphatic heterocycles. The Morgan fingerprint density at radius 2 is 2.06 bits per heavy atom. The maximum absolute atomic E-state index is 13.8. The normalized spacial score (nSPS) is 28.8. The lowest BCUT2D eigenvalue weighted by molar-refractivity contribution is 0.173. The fourth-order valence-electron chi connectivity index (χ4n) is 2.81. The standard InChI is InChI=1S/C14H17F2NO/c15-10-3-4-13(16)12(5-10)14-6-11(18)8-17(14)7-9-1-2-9/h3-5,9,11,14,18H,1-2,6-8H2. The molecule has 1 N–H and O–H groups in total. The molecule has 2 fully saturated rings. The van der Waals surface area contributed by atoms with Crippen LogP contribution in [-0.4, -0.2) is 29.2 Å². The predicted octanol–water partition coefficient (Wildman–Crippen LogP) is 2.48. The van der Waals surface area contributed by atoms with Crippen molar-refractivity contribution in [2.45, 2.75) is 31.4 Å². The van der Waals surface area contributed by atoms with Gasteiger partial charge in [-0.1, -0.05) is 0 Å². The van der Waals surface area contributed by atoms with E-state index in [0.29, 0.717) is 24.4 Å². The second kappa shape index (κ2) is 4.59. The Morgan fingerprint density at radius 1 is 1.28 bits per heavy atom. The summed E-state index contributed by atoms with van der Waals surface area (Å²) in [4.78, 5) is 2.10. The molecule has 0 aromatic heterocycles. The van der Waals surface area contributed by atoms with Crippen molar-refractivity contribution in [3.63, 3.8) is 0 Å². The number of halogens is 2. The van der Waals surface area contributed by atoms with Crippen LogP contribution in [0.1, 0.15) is 30.9 Å². The molecule has 2 nitrogen and oxygen atoms in total. The van der Waals surface area contributed by atoms with E-state index in [-0.39, 0.29) is 11.9 Å². The van der Waals surface area contributed by atoms with E-state index in [2.05, 4.69) is 4.90 Å². The summed E-state index contributed by atoms with van der Waals surface area (Å²) < 4.78 is 27.1. The first-order valence-electron chi connectivity index (χ1n) is 6.50. The Bertz CT molecular complexity index is 447. The number of β-amino-alcohol motifs (C(OH)–C–C–N with tert-alkyl or cyclic N) is 1. The van der Waals surface area contributed by atoms with E-state index in [0.717, 1.165) is 12.6 Å². The number of nitrogens with zero attached hydrogens (tertiary/aromatic N) is 1. The van der Waals surface area contributed by atoms with Gasteiger partial charge in [0, 0.05) is 24.7 Å². The number of rotatable bonds is 3. The van der Waals surface area contributed by atoms with Crippen molar-refractivity contribution in [3.8, 4) is 0 Å². The molecule has 0 bridgehead atoms. The highest BCUT2D eigenvalue weighted by Crippen LogP contribution is 2.38. The summed E-state index contributed by atoms with van der Waals surface area (Å²) in [5, 5.41) is 9.77. The molecular weight excluding hydrogens is 236 g/mol. The lowest BCUT2D eigenvalue weighted by atomic mass is 10.0. The maximum Gasteiger partial charge on any atom is 0.128 e. The Hall–Kier alpha value is -1.00. The molecule has 1 aliphatic carbocycles. The number of aliphatic hydroxyl groups excluding tert-OH is 1. The monoisotopic (exact) mass is 253 g/mol. The quantitative estimate of drug-likeness (QED) is 0.894. The van der Waals surface area contributed by atoms with Crippen LogP contribution >= 0.6 is 0 Å². The Labute approximate surface area is 105 Å². The van der Waals surface area contributed by atoms with Crippen LogP contribution in [0, 0.1) is 17.6 Å². The summed E-state index contributed by atoms with van der Waals surface area (Å²) in [5.74, 6) is -0.120. The Balaban J connectivity index is 1.85. The number of hydrogen-bond donors (Lipinski definition) is 1.